The molecule has 0 N–H and O–H groups in total. The highest BCUT2D eigenvalue weighted by molar-refractivity contribution is 7.59. The number of hydrogen-bond donors (Lipinski definition) is 0. The largest absolute Gasteiger partial charge is 0.405 e. The average molecular weight is 314 g/mol. The smallest absolute Gasteiger partial charge is 0.300 e. The van der Waals surface area contributed by atoms with Crippen LogP contribution in [0.25, 0.3) is 11.1 Å². The zero-order valence-electron chi connectivity index (χ0n) is 12.8. The Hall–Kier alpha value is -1.85. The van der Waals surface area contributed by atoms with E-state index in [2.05, 4.69) is 23.7 Å². The summed E-state index contributed by atoms with van der Waals surface area (Å²) >= 11 is 0. The van der Waals surface area contributed by atoms with Crippen molar-refractivity contribution in [2.75, 3.05) is 13.2 Å². The monoisotopic (exact) mass is 314 g/mol. The second-order valence-electron chi connectivity index (χ2n) is 4.51. The fourth-order valence-corrected chi connectivity index (χ4v) is 3.10. The van der Waals surface area contributed by atoms with Gasteiger partial charge in [-0.3, -0.25) is 9.05 Å². The summed E-state index contributed by atoms with van der Waals surface area (Å²) in [6.07, 6.45) is 0. The van der Waals surface area contributed by atoms with E-state index < -0.39 is 7.60 Å². The molecule has 0 radical (unpaired) electrons. The fraction of sp³-hybridized carbons (Fsp3) is 0.222. The van der Waals surface area contributed by atoms with Gasteiger partial charge in [-0.1, -0.05) is 48.4 Å². The molecule has 2 aromatic carbocycles. The van der Waals surface area contributed by atoms with Gasteiger partial charge >= 0.3 is 7.60 Å². The van der Waals surface area contributed by atoms with Crippen LogP contribution in [-0.2, 0) is 13.6 Å². The van der Waals surface area contributed by atoms with Gasteiger partial charge in [0.1, 0.15) is 0 Å². The third kappa shape index (κ3) is 4.58. The molecule has 0 spiro atoms. The van der Waals surface area contributed by atoms with E-state index in [0.29, 0.717) is 13.2 Å². The van der Waals surface area contributed by atoms with Gasteiger partial charge in [-0.05, 0) is 37.1 Å². The maximum Gasteiger partial charge on any atom is 0.405 e. The van der Waals surface area contributed by atoms with Gasteiger partial charge in [0.15, 0.2) is 0 Å². The maximum absolute atomic E-state index is 12.3. The molecule has 0 atom stereocenters. The molecule has 0 unspecified atom stereocenters. The van der Waals surface area contributed by atoms with Gasteiger partial charge in [0, 0.05) is 11.2 Å². The number of benzene rings is 2. The van der Waals surface area contributed by atoms with Crippen LogP contribution in [0.5, 0.6) is 0 Å². The third-order valence-corrected chi connectivity index (χ3v) is 4.51. The lowest BCUT2D eigenvalue weighted by atomic mass is 10.0. The van der Waals surface area contributed by atoms with Gasteiger partial charge in [0.25, 0.3) is 0 Å². The third-order valence-electron chi connectivity index (χ3n) is 2.93. The molecular weight excluding hydrogens is 295 g/mol. The molecule has 3 nitrogen and oxygen atoms in total. The van der Waals surface area contributed by atoms with Crippen molar-refractivity contribution < 1.29 is 13.6 Å². The van der Waals surface area contributed by atoms with Gasteiger partial charge in [-0.15, -0.1) is 0 Å². The van der Waals surface area contributed by atoms with Crippen LogP contribution in [0.3, 0.4) is 0 Å². The molecular formula is C18H19O3P. The Labute approximate surface area is 131 Å². The van der Waals surface area contributed by atoms with Crippen molar-refractivity contribution in [3.05, 3.63) is 60.2 Å². The Bertz CT molecular complexity index is 687. The first-order valence-electron chi connectivity index (χ1n) is 7.24. The molecule has 0 aliphatic rings. The number of rotatable bonds is 5. The molecule has 2 rings (SSSR count). The van der Waals surface area contributed by atoms with E-state index in [1.807, 2.05) is 42.5 Å². The van der Waals surface area contributed by atoms with Gasteiger partial charge in [-0.25, -0.2) is 4.57 Å². The second kappa shape index (κ2) is 7.96. The molecule has 0 aromatic heterocycles. The summed E-state index contributed by atoms with van der Waals surface area (Å²) in [7, 11) is -3.32. The zero-order valence-corrected chi connectivity index (χ0v) is 13.7. The molecule has 0 saturated carbocycles. The lowest BCUT2D eigenvalue weighted by Gasteiger charge is -2.09. The summed E-state index contributed by atoms with van der Waals surface area (Å²) in [6, 6.07) is 17.9. The Balaban J connectivity index is 2.18. The standard InChI is InChI=1S/C18H19O3P/c1-3-20-22(19,21-4-2)15-14-16-10-12-18(13-11-16)17-8-6-5-7-9-17/h5-13H,3-4H2,1-2H3. The first-order valence-corrected chi connectivity index (χ1v) is 8.79. The predicted molar refractivity (Wildman–Crippen MR) is 89.6 cm³/mol. The fourth-order valence-electron chi connectivity index (χ4n) is 1.95. The van der Waals surface area contributed by atoms with Crippen LogP contribution in [0.2, 0.25) is 0 Å². The SMILES string of the molecule is CCOP(=O)(C#Cc1ccc(-c2ccccc2)cc1)OCC. The van der Waals surface area contributed by atoms with Crippen LogP contribution < -0.4 is 0 Å². The van der Waals surface area contributed by atoms with Crippen molar-refractivity contribution in [2.45, 2.75) is 13.8 Å². The van der Waals surface area contributed by atoms with Crippen LogP contribution in [0, 0.1) is 11.6 Å². The number of hydrogen-bond acceptors (Lipinski definition) is 3. The predicted octanol–water partition coefficient (Wildman–Crippen LogP) is 4.93. The minimum Gasteiger partial charge on any atom is -0.300 e. The van der Waals surface area contributed by atoms with Crippen molar-refractivity contribution in [2.24, 2.45) is 0 Å². The minimum absolute atomic E-state index is 0.304. The highest BCUT2D eigenvalue weighted by Gasteiger charge is 2.19. The minimum atomic E-state index is -3.32. The molecule has 0 bridgehead atoms. The second-order valence-corrected chi connectivity index (χ2v) is 6.25. The van der Waals surface area contributed by atoms with E-state index in [1.165, 1.54) is 0 Å². The summed E-state index contributed by atoms with van der Waals surface area (Å²) in [5.74, 6) is 2.87. The average Bonchev–Trinajstić information content (AvgIpc) is 2.55. The topological polar surface area (TPSA) is 35.5 Å². The highest BCUT2D eigenvalue weighted by atomic mass is 31.2. The Morgan fingerprint density at radius 1 is 0.864 bits per heavy atom. The molecule has 4 heteroatoms. The normalized spacial score (nSPS) is 10.8. The van der Waals surface area contributed by atoms with E-state index in [4.69, 9.17) is 9.05 Å². The van der Waals surface area contributed by atoms with E-state index >= 15 is 0 Å². The van der Waals surface area contributed by atoms with Crippen LogP contribution >= 0.6 is 7.60 Å². The van der Waals surface area contributed by atoms with E-state index in [-0.39, 0.29) is 0 Å². The Kier molecular flexibility index (Phi) is 5.98. The van der Waals surface area contributed by atoms with Crippen molar-refractivity contribution in [1.29, 1.82) is 0 Å². The van der Waals surface area contributed by atoms with Crippen LogP contribution in [0.15, 0.2) is 54.6 Å². The summed E-state index contributed by atoms with van der Waals surface area (Å²) in [5, 5.41) is 0. The van der Waals surface area contributed by atoms with E-state index in [1.54, 1.807) is 13.8 Å². The molecule has 22 heavy (non-hydrogen) atoms. The van der Waals surface area contributed by atoms with Crippen LogP contribution in [0.4, 0.5) is 0 Å². The van der Waals surface area contributed by atoms with Crippen molar-refractivity contribution >= 4 is 7.60 Å². The molecule has 0 heterocycles. The molecule has 0 aliphatic heterocycles. The summed E-state index contributed by atoms with van der Waals surface area (Å²) in [6.45, 7) is 4.14. The first-order chi connectivity index (χ1) is 10.7. The molecule has 0 amide bonds. The summed E-state index contributed by atoms with van der Waals surface area (Å²) in [5.41, 5.74) is 5.68. The van der Waals surface area contributed by atoms with E-state index in [0.717, 1.165) is 16.7 Å². The molecule has 114 valence electrons. The molecule has 0 fully saturated rings. The summed E-state index contributed by atoms with van der Waals surface area (Å²) < 4.78 is 22.5. The molecule has 0 aliphatic carbocycles. The summed E-state index contributed by atoms with van der Waals surface area (Å²) in [4.78, 5) is 0. The first kappa shape index (κ1) is 16.5. The quantitative estimate of drug-likeness (QED) is 0.580. The van der Waals surface area contributed by atoms with E-state index in [9.17, 15) is 4.57 Å². The van der Waals surface area contributed by atoms with Gasteiger partial charge in [0.2, 0.25) is 0 Å². The Morgan fingerprint density at radius 2 is 1.41 bits per heavy atom. The molecule has 0 saturated heterocycles. The van der Waals surface area contributed by atoms with Gasteiger partial charge in [0.05, 0.1) is 13.2 Å². The van der Waals surface area contributed by atoms with Gasteiger partial charge < -0.3 is 0 Å². The molecule has 2 aromatic rings. The Morgan fingerprint density at radius 3 is 1.95 bits per heavy atom. The van der Waals surface area contributed by atoms with Gasteiger partial charge in [-0.2, -0.15) is 0 Å². The van der Waals surface area contributed by atoms with Crippen molar-refractivity contribution in [3.8, 4) is 22.7 Å². The van der Waals surface area contributed by atoms with Crippen molar-refractivity contribution in [1.82, 2.24) is 0 Å². The maximum atomic E-state index is 12.3. The van der Waals surface area contributed by atoms with Crippen LogP contribution in [-0.4, -0.2) is 13.2 Å². The van der Waals surface area contributed by atoms with Crippen molar-refractivity contribution in [3.63, 3.8) is 0 Å². The lowest BCUT2D eigenvalue weighted by molar-refractivity contribution is 0.230. The van der Waals surface area contributed by atoms with Crippen LogP contribution in [0.1, 0.15) is 19.4 Å². The highest BCUT2D eigenvalue weighted by Crippen LogP contribution is 2.46. The zero-order chi connectivity index (χ0) is 15.8. The lowest BCUT2D eigenvalue weighted by Crippen LogP contribution is -1.93.